The number of nitrogens with zero attached hydrogens (tertiary/aromatic N) is 2. The van der Waals surface area contributed by atoms with Crippen LogP contribution in [0.15, 0.2) is 23.0 Å². The van der Waals surface area contributed by atoms with Gasteiger partial charge in [0.05, 0.1) is 23.3 Å². The van der Waals surface area contributed by atoms with Crippen LogP contribution in [-0.2, 0) is 13.2 Å². The van der Waals surface area contributed by atoms with Gasteiger partial charge in [-0.1, -0.05) is 0 Å². The number of hydrogen-bond acceptors (Lipinski definition) is 3. The fourth-order valence-corrected chi connectivity index (χ4v) is 2.53. The van der Waals surface area contributed by atoms with Crippen LogP contribution in [0.3, 0.4) is 0 Å². The highest BCUT2D eigenvalue weighted by Gasteiger charge is 2.34. The Balaban J connectivity index is 2.42. The van der Waals surface area contributed by atoms with Crippen LogP contribution in [0.2, 0.25) is 0 Å². The molecule has 0 aliphatic carbocycles. The van der Waals surface area contributed by atoms with Gasteiger partial charge in [-0.25, -0.2) is 0 Å². The first-order valence-electron chi connectivity index (χ1n) is 6.38. The monoisotopic (exact) mass is 298 g/mol. The molecule has 0 N–H and O–H groups in total. The molecule has 0 fully saturated rings. The minimum atomic E-state index is -4.58. The lowest BCUT2D eigenvalue weighted by molar-refractivity contribution is -0.136. The van der Waals surface area contributed by atoms with Crippen molar-refractivity contribution in [2.24, 2.45) is 7.05 Å². The zero-order valence-corrected chi connectivity index (χ0v) is 11.5. The Hall–Kier alpha value is -2.18. The second-order valence-electron chi connectivity index (χ2n) is 5.06. The number of likely N-dealkylation sites (N-methyl/N-ethyl adjacent to an activating group) is 1. The van der Waals surface area contributed by atoms with Gasteiger partial charge in [0.2, 0.25) is 0 Å². The maximum atomic E-state index is 13.2. The lowest BCUT2D eigenvalue weighted by Crippen LogP contribution is -2.29. The summed E-state index contributed by atoms with van der Waals surface area (Å²) in [5, 5.41) is 0.000648. The molecule has 0 saturated carbocycles. The first-order chi connectivity index (χ1) is 9.79. The van der Waals surface area contributed by atoms with E-state index in [-0.39, 0.29) is 10.9 Å². The molecule has 1 aromatic heterocycles. The fourth-order valence-electron chi connectivity index (χ4n) is 2.53. The van der Waals surface area contributed by atoms with Crippen LogP contribution < -0.4 is 15.2 Å². The molecule has 0 amide bonds. The van der Waals surface area contributed by atoms with E-state index < -0.39 is 17.3 Å². The number of hydrogen-bond donors (Lipinski definition) is 0. The number of rotatable bonds is 0. The molecule has 0 unspecified atom stereocenters. The molecule has 0 bridgehead atoms. The molecular weight excluding hydrogens is 285 g/mol. The highest BCUT2D eigenvalue weighted by atomic mass is 19.4. The molecule has 1 aliphatic rings. The van der Waals surface area contributed by atoms with Gasteiger partial charge in [-0.15, -0.1) is 0 Å². The molecule has 0 spiro atoms. The molecule has 1 aliphatic heterocycles. The van der Waals surface area contributed by atoms with Crippen molar-refractivity contribution in [3.8, 4) is 5.75 Å². The van der Waals surface area contributed by atoms with Crippen LogP contribution in [0.1, 0.15) is 5.56 Å². The third kappa shape index (κ3) is 2.12. The lowest BCUT2D eigenvalue weighted by Gasteiger charge is -2.28. The molecule has 21 heavy (non-hydrogen) atoms. The van der Waals surface area contributed by atoms with E-state index >= 15 is 0 Å². The first-order valence-corrected chi connectivity index (χ1v) is 6.38. The molecule has 7 heteroatoms. The van der Waals surface area contributed by atoms with E-state index in [4.69, 9.17) is 4.74 Å². The van der Waals surface area contributed by atoms with Gasteiger partial charge in [-0.2, -0.15) is 13.2 Å². The predicted molar refractivity (Wildman–Crippen MR) is 73.0 cm³/mol. The molecule has 2 heterocycles. The molecule has 2 aromatic rings. The van der Waals surface area contributed by atoms with Crippen molar-refractivity contribution in [1.29, 1.82) is 0 Å². The summed E-state index contributed by atoms with van der Waals surface area (Å²) in [6.07, 6.45) is -4.58. The largest absolute Gasteiger partial charge is 0.489 e. The Morgan fingerprint density at radius 1 is 1.19 bits per heavy atom. The number of pyridine rings is 1. The smallest absolute Gasteiger partial charge is 0.417 e. The molecule has 3 rings (SSSR count). The van der Waals surface area contributed by atoms with E-state index in [1.807, 2.05) is 4.90 Å². The van der Waals surface area contributed by atoms with E-state index in [1.165, 1.54) is 23.7 Å². The Morgan fingerprint density at radius 2 is 1.90 bits per heavy atom. The van der Waals surface area contributed by atoms with E-state index in [1.54, 1.807) is 7.05 Å². The Kier molecular flexibility index (Phi) is 2.89. The molecule has 0 saturated heterocycles. The molecule has 4 nitrogen and oxygen atoms in total. The van der Waals surface area contributed by atoms with Gasteiger partial charge in [-0.3, -0.25) is 4.79 Å². The van der Waals surface area contributed by atoms with Crippen molar-refractivity contribution < 1.29 is 17.9 Å². The van der Waals surface area contributed by atoms with Crippen molar-refractivity contribution >= 4 is 16.6 Å². The van der Waals surface area contributed by atoms with Gasteiger partial charge >= 0.3 is 6.18 Å². The summed E-state index contributed by atoms with van der Waals surface area (Å²) in [6.45, 7) is 1.06. The van der Waals surface area contributed by atoms with E-state index in [9.17, 15) is 18.0 Å². The van der Waals surface area contributed by atoms with Gasteiger partial charge in [0, 0.05) is 31.6 Å². The summed E-state index contributed by atoms with van der Waals surface area (Å²) in [6, 6.07) is 3.57. The second kappa shape index (κ2) is 4.41. The number of halogens is 3. The van der Waals surface area contributed by atoms with E-state index in [0.29, 0.717) is 30.7 Å². The van der Waals surface area contributed by atoms with Crippen molar-refractivity contribution in [3.05, 3.63) is 34.1 Å². The first kappa shape index (κ1) is 13.8. The minimum Gasteiger partial charge on any atom is -0.489 e. The quantitative estimate of drug-likeness (QED) is 0.749. The normalized spacial score (nSPS) is 15.0. The van der Waals surface area contributed by atoms with Crippen LogP contribution in [-0.4, -0.2) is 24.8 Å². The SMILES string of the molecule is CN1CCOc2cc3c(cc21)c(C(F)(F)F)cc(=O)n3C. The summed E-state index contributed by atoms with van der Waals surface area (Å²) < 4.78 is 46.2. The van der Waals surface area contributed by atoms with Gasteiger partial charge in [-0.05, 0) is 6.07 Å². The Morgan fingerprint density at radius 3 is 2.57 bits per heavy atom. The molecular formula is C14H13F3N2O2. The van der Waals surface area contributed by atoms with Crippen LogP contribution in [0.25, 0.3) is 10.9 Å². The average Bonchev–Trinajstić information content (AvgIpc) is 2.41. The second-order valence-corrected chi connectivity index (χ2v) is 5.06. The van der Waals surface area contributed by atoms with Crippen molar-refractivity contribution in [1.82, 2.24) is 4.57 Å². The van der Waals surface area contributed by atoms with Crippen LogP contribution >= 0.6 is 0 Å². The Labute approximate surface area is 118 Å². The number of benzene rings is 1. The number of aromatic nitrogens is 1. The maximum Gasteiger partial charge on any atom is 0.417 e. The standard InChI is InChI=1S/C14H13F3N2O2/c1-18-3-4-21-12-7-10-8(5-11(12)18)9(14(15,16)17)6-13(20)19(10)2/h5-7H,3-4H2,1-2H3. The number of alkyl halides is 3. The highest BCUT2D eigenvalue weighted by Crippen LogP contribution is 2.39. The third-order valence-corrected chi connectivity index (χ3v) is 3.73. The van der Waals surface area contributed by atoms with Crippen molar-refractivity contribution in [3.63, 3.8) is 0 Å². The average molecular weight is 298 g/mol. The van der Waals surface area contributed by atoms with Crippen molar-refractivity contribution in [2.75, 3.05) is 25.1 Å². The highest BCUT2D eigenvalue weighted by molar-refractivity contribution is 5.89. The number of fused-ring (bicyclic) bond motifs is 2. The summed E-state index contributed by atoms with van der Waals surface area (Å²) in [7, 11) is 3.24. The zero-order chi connectivity index (χ0) is 15.4. The third-order valence-electron chi connectivity index (χ3n) is 3.73. The zero-order valence-electron chi connectivity index (χ0n) is 11.5. The number of aryl methyl sites for hydroxylation is 1. The van der Waals surface area contributed by atoms with Gasteiger partial charge in [0.25, 0.3) is 5.56 Å². The van der Waals surface area contributed by atoms with Crippen LogP contribution in [0.4, 0.5) is 18.9 Å². The van der Waals surface area contributed by atoms with Crippen LogP contribution in [0.5, 0.6) is 5.75 Å². The van der Waals surface area contributed by atoms with Gasteiger partial charge < -0.3 is 14.2 Å². The summed E-state index contributed by atoms with van der Waals surface area (Å²) in [4.78, 5) is 13.6. The maximum absolute atomic E-state index is 13.2. The topological polar surface area (TPSA) is 34.5 Å². The predicted octanol–water partition coefficient (Wildman–Crippen LogP) is 2.39. The van der Waals surface area contributed by atoms with Gasteiger partial charge in [0.1, 0.15) is 12.4 Å². The molecule has 112 valence electrons. The minimum absolute atomic E-state index is 0.000648. The molecule has 1 aromatic carbocycles. The van der Waals surface area contributed by atoms with Crippen LogP contribution in [0, 0.1) is 0 Å². The molecule has 0 radical (unpaired) electrons. The number of anilines is 1. The van der Waals surface area contributed by atoms with E-state index in [0.717, 1.165) is 0 Å². The lowest BCUT2D eigenvalue weighted by atomic mass is 10.1. The number of ether oxygens (including phenoxy) is 1. The Bertz CT molecular complexity index is 780. The molecule has 0 atom stereocenters. The summed E-state index contributed by atoms with van der Waals surface area (Å²) in [5.74, 6) is 0.491. The van der Waals surface area contributed by atoms with E-state index in [2.05, 4.69) is 0 Å². The van der Waals surface area contributed by atoms with Crippen molar-refractivity contribution in [2.45, 2.75) is 6.18 Å². The fraction of sp³-hybridized carbons (Fsp3) is 0.357. The summed E-state index contributed by atoms with van der Waals surface area (Å²) in [5.41, 5.74) is -0.803. The summed E-state index contributed by atoms with van der Waals surface area (Å²) >= 11 is 0. The van der Waals surface area contributed by atoms with Gasteiger partial charge in [0.15, 0.2) is 0 Å².